The Balaban J connectivity index is 1.96. The van der Waals surface area contributed by atoms with Crippen molar-refractivity contribution in [2.24, 2.45) is 0 Å². The molecule has 1 amide bonds. The first-order valence-electron chi connectivity index (χ1n) is 8.60. The first-order chi connectivity index (χ1) is 14.3. The van der Waals surface area contributed by atoms with E-state index in [2.05, 4.69) is 10.2 Å². The molecule has 2 heterocycles. The van der Waals surface area contributed by atoms with Crippen LogP contribution in [0.4, 0.5) is 5.13 Å². The monoisotopic (exact) mass is 479 g/mol. The summed E-state index contributed by atoms with van der Waals surface area (Å²) in [6.45, 7) is 1.74. The zero-order valence-corrected chi connectivity index (χ0v) is 18.4. The van der Waals surface area contributed by atoms with Crippen LogP contribution in [0.1, 0.15) is 22.2 Å². The van der Waals surface area contributed by atoms with E-state index in [4.69, 9.17) is 34.8 Å². The Kier molecular flexibility index (Phi) is 5.55. The van der Waals surface area contributed by atoms with Gasteiger partial charge in [-0.15, -0.1) is 10.2 Å². The van der Waals surface area contributed by atoms with Gasteiger partial charge >= 0.3 is 5.91 Å². The average molecular weight is 481 g/mol. The van der Waals surface area contributed by atoms with Crippen LogP contribution in [0.2, 0.25) is 15.1 Å². The molecule has 0 spiro atoms. The van der Waals surface area contributed by atoms with Crippen molar-refractivity contribution in [3.05, 3.63) is 79.2 Å². The highest BCUT2D eigenvalue weighted by Gasteiger charge is 2.48. The summed E-state index contributed by atoms with van der Waals surface area (Å²) in [6.07, 6.45) is 0. The molecule has 10 heteroatoms. The molecule has 1 aromatic heterocycles. The highest BCUT2D eigenvalue weighted by Crippen LogP contribution is 2.44. The van der Waals surface area contributed by atoms with E-state index in [-0.39, 0.29) is 21.5 Å². The third-order valence-corrected chi connectivity index (χ3v) is 6.37. The van der Waals surface area contributed by atoms with E-state index in [0.717, 1.165) is 11.3 Å². The Morgan fingerprint density at radius 2 is 1.73 bits per heavy atom. The van der Waals surface area contributed by atoms with Gasteiger partial charge in [-0.1, -0.05) is 52.2 Å². The first kappa shape index (κ1) is 20.8. The Bertz CT molecular complexity index is 1210. The maximum atomic E-state index is 13.0. The molecule has 1 atom stereocenters. The van der Waals surface area contributed by atoms with Gasteiger partial charge < -0.3 is 5.11 Å². The van der Waals surface area contributed by atoms with Crippen LogP contribution in [0.3, 0.4) is 0 Å². The number of aliphatic hydroxyl groups excluding tert-OH is 1. The minimum absolute atomic E-state index is 0.0893. The second-order valence-corrected chi connectivity index (χ2v) is 8.86. The molecule has 1 fully saturated rings. The molecule has 0 aliphatic carbocycles. The molecule has 0 bridgehead atoms. The molecule has 4 rings (SSSR count). The summed E-state index contributed by atoms with van der Waals surface area (Å²) >= 11 is 19.3. The van der Waals surface area contributed by atoms with E-state index < -0.39 is 17.7 Å². The maximum absolute atomic E-state index is 13.0. The topological polar surface area (TPSA) is 83.4 Å². The van der Waals surface area contributed by atoms with Crippen molar-refractivity contribution in [2.45, 2.75) is 13.0 Å². The van der Waals surface area contributed by atoms with Crippen molar-refractivity contribution in [3.63, 3.8) is 0 Å². The highest BCUT2D eigenvalue weighted by atomic mass is 35.5. The van der Waals surface area contributed by atoms with Gasteiger partial charge in [-0.25, -0.2) is 0 Å². The number of hydrogen-bond acceptors (Lipinski definition) is 6. The Hall–Kier alpha value is -2.45. The van der Waals surface area contributed by atoms with Crippen molar-refractivity contribution in [1.82, 2.24) is 10.2 Å². The number of Topliss-reactive ketones (excluding diaryl/α,β-unsaturated/α-hetero) is 1. The molecule has 2 aromatic carbocycles. The number of hydrogen-bond donors (Lipinski definition) is 1. The molecular formula is C20H12Cl3N3O3S. The smallest absolute Gasteiger partial charge is 0.301 e. The number of carbonyl (C=O) groups excluding carboxylic acids is 2. The predicted molar refractivity (Wildman–Crippen MR) is 117 cm³/mol. The number of benzene rings is 2. The Morgan fingerprint density at radius 3 is 2.33 bits per heavy atom. The lowest BCUT2D eigenvalue weighted by molar-refractivity contribution is -0.132. The fraction of sp³-hybridized carbons (Fsp3) is 0.100. The number of aliphatic hydroxyl groups is 1. The van der Waals surface area contributed by atoms with Crippen molar-refractivity contribution in [1.29, 1.82) is 0 Å². The van der Waals surface area contributed by atoms with Gasteiger partial charge in [0.05, 0.1) is 21.7 Å². The summed E-state index contributed by atoms with van der Waals surface area (Å²) in [6, 6.07) is 10.1. The zero-order valence-electron chi connectivity index (χ0n) is 15.3. The number of aryl methyl sites for hydroxylation is 1. The average Bonchev–Trinajstić information content (AvgIpc) is 3.25. The van der Waals surface area contributed by atoms with Crippen LogP contribution in [-0.4, -0.2) is 27.0 Å². The van der Waals surface area contributed by atoms with Crippen LogP contribution >= 0.6 is 46.1 Å². The number of rotatable bonds is 3. The quantitative estimate of drug-likeness (QED) is 0.307. The Morgan fingerprint density at radius 1 is 1.03 bits per heavy atom. The molecule has 3 aromatic rings. The summed E-state index contributed by atoms with van der Waals surface area (Å²) in [5, 5.41) is 20.8. The molecule has 30 heavy (non-hydrogen) atoms. The summed E-state index contributed by atoms with van der Waals surface area (Å²) < 4.78 is 0. The maximum Gasteiger partial charge on any atom is 0.301 e. The minimum atomic E-state index is -0.956. The first-order valence-corrected chi connectivity index (χ1v) is 10.5. The van der Waals surface area contributed by atoms with E-state index >= 15 is 0 Å². The molecular weight excluding hydrogens is 469 g/mol. The molecule has 1 aliphatic heterocycles. The van der Waals surface area contributed by atoms with Gasteiger partial charge in [0, 0.05) is 10.6 Å². The summed E-state index contributed by atoms with van der Waals surface area (Å²) in [5.74, 6) is -1.99. The normalized spacial score (nSPS) is 18.3. The van der Waals surface area contributed by atoms with Gasteiger partial charge in [0.2, 0.25) is 5.13 Å². The van der Waals surface area contributed by atoms with Crippen LogP contribution in [0.5, 0.6) is 0 Å². The van der Waals surface area contributed by atoms with E-state index in [1.165, 1.54) is 4.90 Å². The van der Waals surface area contributed by atoms with E-state index in [1.807, 2.05) is 0 Å². The molecule has 1 aliphatic rings. The van der Waals surface area contributed by atoms with Crippen LogP contribution < -0.4 is 4.90 Å². The van der Waals surface area contributed by atoms with Crippen LogP contribution in [0.25, 0.3) is 5.76 Å². The summed E-state index contributed by atoms with van der Waals surface area (Å²) in [7, 11) is 0. The lowest BCUT2D eigenvalue weighted by Gasteiger charge is -2.22. The zero-order chi connectivity index (χ0) is 21.6. The van der Waals surface area contributed by atoms with Crippen molar-refractivity contribution < 1.29 is 14.7 Å². The SMILES string of the molecule is Cc1nnc(N2C(=O)C(=O)C(=C(O)c3ccc(Cl)cc3)[C@H]2c2ccc(Cl)c(Cl)c2)s1. The van der Waals surface area contributed by atoms with Crippen LogP contribution in [0, 0.1) is 6.92 Å². The second kappa shape index (κ2) is 8.00. The molecule has 1 N–H and O–H groups in total. The van der Waals surface area contributed by atoms with Crippen LogP contribution in [-0.2, 0) is 9.59 Å². The highest BCUT2D eigenvalue weighted by molar-refractivity contribution is 7.15. The van der Waals surface area contributed by atoms with Crippen LogP contribution in [0.15, 0.2) is 48.0 Å². The Labute approximate surface area is 190 Å². The molecule has 0 saturated carbocycles. The summed E-state index contributed by atoms with van der Waals surface area (Å²) in [5.41, 5.74) is 0.747. The van der Waals surface area contributed by atoms with E-state index in [1.54, 1.807) is 49.4 Å². The third kappa shape index (κ3) is 3.58. The fourth-order valence-corrected chi connectivity index (χ4v) is 4.32. The number of anilines is 1. The van der Waals surface area contributed by atoms with Crippen molar-refractivity contribution >= 4 is 68.7 Å². The largest absolute Gasteiger partial charge is 0.507 e. The summed E-state index contributed by atoms with van der Waals surface area (Å²) in [4.78, 5) is 27.1. The minimum Gasteiger partial charge on any atom is -0.507 e. The van der Waals surface area contributed by atoms with Crippen molar-refractivity contribution in [2.75, 3.05) is 4.90 Å². The number of amides is 1. The van der Waals surface area contributed by atoms with Gasteiger partial charge in [-0.05, 0) is 48.9 Å². The molecule has 1 saturated heterocycles. The lowest BCUT2D eigenvalue weighted by Crippen LogP contribution is -2.29. The van der Waals surface area contributed by atoms with Gasteiger partial charge in [0.25, 0.3) is 5.78 Å². The van der Waals surface area contributed by atoms with Gasteiger partial charge in [0.1, 0.15) is 10.8 Å². The molecule has 0 radical (unpaired) electrons. The number of carbonyl (C=O) groups is 2. The number of nitrogens with zero attached hydrogens (tertiary/aromatic N) is 3. The molecule has 6 nitrogen and oxygen atoms in total. The molecule has 152 valence electrons. The molecule has 0 unspecified atom stereocenters. The number of ketones is 1. The predicted octanol–water partition coefficient (Wildman–Crippen LogP) is 5.43. The lowest BCUT2D eigenvalue weighted by atomic mass is 9.95. The van der Waals surface area contributed by atoms with Crippen molar-refractivity contribution in [3.8, 4) is 0 Å². The van der Waals surface area contributed by atoms with Gasteiger partial charge in [-0.3, -0.25) is 14.5 Å². The second-order valence-electron chi connectivity index (χ2n) is 6.45. The van der Waals surface area contributed by atoms with Gasteiger partial charge in [0.15, 0.2) is 0 Å². The fourth-order valence-electron chi connectivity index (χ4n) is 3.17. The van der Waals surface area contributed by atoms with E-state index in [0.29, 0.717) is 26.2 Å². The third-order valence-electron chi connectivity index (χ3n) is 4.54. The standard InChI is InChI=1S/C20H12Cl3N3O3S/c1-9-24-25-20(30-9)26-16(11-4-7-13(22)14(23)8-11)15(18(28)19(26)29)17(27)10-2-5-12(21)6-3-10/h2-8,16,27H,1H3/t16-/m1/s1. The van der Waals surface area contributed by atoms with E-state index in [9.17, 15) is 14.7 Å². The number of halogens is 3. The van der Waals surface area contributed by atoms with Gasteiger partial charge in [-0.2, -0.15) is 0 Å². The number of aromatic nitrogens is 2.